The third-order valence-electron chi connectivity index (χ3n) is 3.46. The molecule has 0 fully saturated rings. The minimum atomic E-state index is -0.860. The number of aliphatic hydroxyl groups is 1. The Balaban J connectivity index is 2.33. The van der Waals surface area contributed by atoms with Crippen LogP contribution < -0.4 is 9.64 Å². The maximum atomic E-state index is 13.9. The van der Waals surface area contributed by atoms with Crippen LogP contribution in [0.1, 0.15) is 24.2 Å². The molecule has 3 nitrogen and oxygen atoms in total. The van der Waals surface area contributed by atoms with Crippen molar-refractivity contribution in [3.63, 3.8) is 0 Å². The van der Waals surface area contributed by atoms with Crippen LogP contribution in [0.3, 0.4) is 0 Å². The van der Waals surface area contributed by atoms with E-state index in [0.29, 0.717) is 17.8 Å². The predicted octanol–water partition coefficient (Wildman–Crippen LogP) is 3.52. The first-order valence-electron chi connectivity index (χ1n) is 6.84. The van der Waals surface area contributed by atoms with Crippen molar-refractivity contribution >= 4 is 5.69 Å². The number of ether oxygens (including phenoxy) is 1. The number of para-hydroxylation sites is 1. The van der Waals surface area contributed by atoms with E-state index in [9.17, 15) is 9.50 Å². The first-order chi connectivity index (χ1) is 10.0. The maximum absolute atomic E-state index is 13.9. The van der Waals surface area contributed by atoms with Crippen LogP contribution in [0.2, 0.25) is 0 Å². The van der Waals surface area contributed by atoms with Crippen molar-refractivity contribution in [3.05, 3.63) is 59.4 Å². The highest BCUT2D eigenvalue weighted by Gasteiger charge is 2.17. The average Bonchev–Trinajstić information content (AvgIpc) is 2.47. The van der Waals surface area contributed by atoms with Gasteiger partial charge in [-0.15, -0.1) is 0 Å². The Morgan fingerprint density at radius 3 is 2.57 bits per heavy atom. The fourth-order valence-electron chi connectivity index (χ4n) is 2.45. The van der Waals surface area contributed by atoms with Crippen molar-refractivity contribution < 1.29 is 14.2 Å². The van der Waals surface area contributed by atoms with Crippen molar-refractivity contribution in [2.45, 2.75) is 19.6 Å². The van der Waals surface area contributed by atoms with Gasteiger partial charge in [0.25, 0.3) is 0 Å². The number of anilines is 1. The molecule has 0 amide bonds. The molecule has 4 heteroatoms. The van der Waals surface area contributed by atoms with E-state index in [4.69, 9.17) is 4.74 Å². The van der Waals surface area contributed by atoms with E-state index >= 15 is 0 Å². The summed E-state index contributed by atoms with van der Waals surface area (Å²) in [5.41, 5.74) is 1.99. The van der Waals surface area contributed by atoms with Gasteiger partial charge < -0.3 is 14.7 Å². The van der Waals surface area contributed by atoms with Gasteiger partial charge in [0.15, 0.2) is 0 Å². The smallest absolute Gasteiger partial charge is 0.131 e. The normalized spacial score (nSPS) is 12.0. The van der Waals surface area contributed by atoms with Gasteiger partial charge in [-0.25, -0.2) is 4.39 Å². The van der Waals surface area contributed by atoms with Gasteiger partial charge in [0.1, 0.15) is 11.6 Å². The third-order valence-corrected chi connectivity index (χ3v) is 3.46. The van der Waals surface area contributed by atoms with Crippen LogP contribution in [0, 0.1) is 5.82 Å². The zero-order chi connectivity index (χ0) is 15.4. The second-order valence-corrected chi connectivity index (χ2v) is 5.02. The second kappa shape index (κ2) is 6.59. The fraction of sp³-hybridized carbons (Fsp3) is 0.294. The maximum Gasteiger partial charge on any atom is 0.131 e. The van der Waals surface area contributed by atoms with E-state index in [0.717, 1.165) is 11.3 Å². The Labute approximate surface area is 124 Å². The van der Waals surface area contributed by atoms with Crippen LogP contribution in [0.15, 0.2) is 42.5 Å². The highest BCUT2D eigenvalue weighted by molar-refractivity contribution is 5.55. The van der Waals surface area contributed by atoms with Crippen LogP contribution in [-0.4, -0.2) is 19.3 Å². The molecule has 0 aliphatic heterocycles. The van der Waals surface area contributed by atoms with Gasteiger partial charge in [0.05, 0.1) is 13.2 Å². The summed E-state index contributed by atoms with van der Waals surface area (Å²) in [6.45, 7) is 2.13. The van der Waals surface area contributed by atoms with Crippen LogP contribution in [0.4, 0.5) is 10.1 Å². The monoisotopic (exact) mass is 289 g/mol. The van der Waals surface area contributed by atoms with E-state index in [1.807, 2.05) is 36.2 Å². The van der Waals surface area contributed by atoms with E-state index in [-0.39, 0.29) is 0 Å². The summed E-state index contributed by atoms with van der Waals surface area (Å²) in [5.74, 6) is 0.397. The van der Waals surface area contributed by atoms with Gasteiger partial charge >= 0.3 is 0 Å². The molecule has 0 bridgehead atoms. The lowest BCUT2D eigenvalue weighted by molar-refractivity contribution is 0.194. The van der Waals surface area contributed by atoms with E-state index in [2.05, 4.69) is 0 Å². The van der Waals surface area contributed by atoms with Crippen molar-refractivity contribution in [2.75, 3.05) is 19.1 Å². The molecule has 2 rings (SSSR count). The largest absolute Gasteiger partial charge is 0.496 e. The first kappa shape index (κ1) is 15.3. The molecule has 0 spiro atoms. The minimum absolute atomic E-state index is 0.315. The third kappa shape index (κ3) is 3.34. The summed E-state index contributed by atoms with van der Waals surface area (Å²) < 4.78 is 19.3. The number of hydrogen-bond donors (Lipinski definition) is 1. The number of hydrogen-bond acceptors (Lipinski definition) is 3. The van der Waals surface area contributed by atoms with Crippen LogP contribution in [0.25, 0.3) is 0 Å². The number of halogens is 1. The zero-order valence-electron chi connectivity index (χ0n) is 12.5. The van der Waals surface area contributed by atoms with Gasteiger partial charge in [0, 0.05) is 30.4 Å². The molecule has 1 unspecified atom stereocenters. The summed E-state index contributed by atoms with van der Waals surface area (Å²) in [4.78, 5) is 1.91. The Kier molecular flexibility index (Phi) is 4.81. The van der Waals surface area contributed by atoms with E-state index in [1.54, 1.807) is 26.2 Å². The molecule has 0 aromatic heterocycles. The van der Waals surface area contributed by atoms with Crippen LogP contribution in [0.5, 0.6) is 5.75 Å². The quantitative estimate of drug-likeness (QED) is 0.914. The number of nitrogens with zero attached hydrogens (tertiary/aromatic N) is 1. The van der Waals surface area contributed by atoms with Crippen LogP contribution in [-0.2, 0) is 6.54 Å². The molecular formula is C17H20FNO2. The van der Waals surface area contributed by atoms with Crippen molar-refractivity contribution in [1.82, 2.24) is 0 Å². The fourth-order valence-corrected chi connectivity index (χ4v) is 2.45. The van der Waals surface area contributed by atoms with Gasteiger partial charge in [-0.3, -0.25) is 0 Å². The topological polar surface area (TPSA) is 32.7 Å². The molecule has 21 heavy (non-hydrogen) atoms. The number of rotatable bonds is 5. The summed E-state index contributed by atoms with van der Waals surface area (Å²) in [6, 6.07) is 12.5. The summed E-state index contributed by atoms with van der Waals surface area (Å²) >= 11 is 0. The molecule has 0 aliphatic carbocycles. The highest BCUT2D eigenvalue weighted by Crippen LogP contribution is 2.30. The van der Waals surface area contributed by atoms with Crippen molar-refractivity contribution in [3.8, 4) is 5.75 Å². The van der Waals surface area contributed by atoms with Gasteiger partial charge in [-0.05, 0) is 25.1 Å². The average molecular weight is 289 g/mol. The molecule has 1 atom stereocenters. The second-order valence-electron chi connectivity index (χ2n) is 5.02. The lowest BCUT2D eigenvalue weighted by Crippen LogP contribution is -2.19. The molecule has 0 saturated carbocycles. The van der Waals surface area contributed by atoms with Crippen molar-refractivity contribution in [1.29, 1.82) is 0 Å². The van der Waals surface area contributed by atoms with Gasteiger partial charge in [-0.1, -0.05) is 24.3 Å². The molecule has 0 aliphatic rings. The standard InChI is InChI=1S/C17H20FNO2/c1-12(20)17-14(18)8-6-9-15(17)19(2)11-13-7-4-5-10-16(13)21-3/h4-10,12,20H,11H2,1-3H3. The molecule has 0 heterocycles. The lowest BCUT2D eigenvalue weighted by Gasteiger charge is -2.24. The van der Waals surface area contributed by atoms with E-state index in [1.165, 1.54) is 6.07 Å². The Hall–Kier alpha value is -2.07. The summed E-state index contributed by atoms with van der Waals surface area (Å²) in [5, 5.41) is 9.81. The number of aliphatic hydroxyl groups excluding tert-OH is 1. The van der Waals surface area contributed by atoms with Gasteiger partial charge in [0.2, 0.25) is 0 Å². The number of benzene rings is 2. The zero-order valence-corrected chi connectivity index (χ0v) is 12.5. The summed E-state index contributed by atoms with van der Waals surface area (Å²) in [6.07, 6.45) is -0.860. The molecule has 0 saturated heterocycles. The van der Waals surface area contributed by atoms with Crippen molar-refractivity contribution in [2.24, 2.45) is 0 Å². The molecule has 0 radical (unpaired) electrons. The Morgan fingerprint density at radius 1 is 1.19 bits per heavy atom. The lowest BCUT2D eigenvalue weighted by atomic mass is 10.1. The highest BCUT2D eigenvalue weighted by atomic mass is 19.1. The SMILES string of the molecule is COc1ccccc1CN(C)c1cccc(F)c1C(C)O. The Morgan fingerprint density at radius 2 is 1.90 bits per heavy atom. The Bertz CT molecular complexity index is 613. The molecule has 1 N–H and O–H groups in total. The molecule has 112 valence electrons. The van der Waals surface area contributed by atoms with Crippen LogP contribution >= 0.6 is 0 Å². The molecule has 2 aromatic rings. The number of methoxy groups -OCH3 is 1. The first-order valence-corrected chi connectivity index (χ1v) is 6.84. The minimum Gasteiger partial charge on any atom is -0.496 e. The predicted molar refractivity (Wildman–Crippen MR) is 82.1 cm³/mol. The summed E-state index contributed by atoms with van der Waals surface area (Å²) in [7, 11) is 3.50. The van der Waals surface area contributed by atoms with Gasteiger partial charge in [-0.2, -0.15) is 0 Å². The molecule has 2 aromatic carbocycles. The molecular weight excluding hydrogens is 269 g/mol. The van der Waals surface area contributed by atoms with E-state index < -0.39 is 11.9 Å².